The van der Waals surface area contributed by atoms with E-state index in [1.165, 1.54) is 38.1 Å². The molecule has 7 heteroatoms. The van der Waals surface area contributed by atoms with E-state index in [0.717, 1.165) is 29.5 Å². The zero-order valence-electron chi connectivity index (χ0n) is 14.9. The molecule has 0 aliphatic heterocycles. The zero-order valence-corrected chi connectivity index (χ0v) is 14.9. The number of guanidine groups is 1. The number of hydrogen-bond donors (Lipinski definition) is 1. The minimum absolute atomic E-state index is 0.145. The molecular formula is C17H29F2N5. The van der Waals surface area contributed by atoms with E-state index < -0.39 is 6.55 Å². The maximum absolute atomic E-state index is 12.9. The fourth-order valence-corrected chi connectivity index (χ4v) is 3.24. The van der Waals surface area contributed by atoms with Crippen LogP contribution in [0.4, 0.5) is 8.78 Å². The van der Waals surface area contributed by atoms with Gasteiger partial charge in [0.15, 0.2) is 5.96 Å². The minimum atomic E-state index is -2.58. The van der Waals surface area contributed by atoms with Gasteiger partial charge in [0.05, 0.1) is 0 Å². The van der Waals surface area contributed by atoms with Crippen LogP contribution in [0.5, 0.6) is 0 Å². The van der Waals surface area contributed by atoms with Crippen molar-refractivity contribution in [3.63, 3.8) is 0 Å². The highest BCUT2D eigenvalue weighted by Crippen LogP contribution is 2.28. The average molecular weight is 341 g/mol. The second-order valence-corrected chi connectivity index (χ2v) is 6.70. The number of aliphatic imine (C=N–C) groups is 1. The molecule has 0 atom stereocenters. The van der Waals surface area contributed by atoms with Crippen LogP contribution in [-0.2, 0) is 6.54 Å². The number of imidazole rings is 1. The topological polar surface area (TPSA) is 45.5 Å². The van der Waals surface area contributed by atoms with Crippen molar-refractivity contribution in [1.29, 1.82) is 0 Å². The van der Waals surface area contributed by atoms with E-state index >= 15 is 0 Å². The highest BCUT2D eigenvalue weighted by Gasteiger charge is 2.20. The molecule has 0 bridgehead atoms. The van der Waals surface area contributed by atoms with E-state index in [4.69, 9.17) is 0 Å². The summed E-state index contributed by atoms with van der Waals surface area (Å²) in [5.41, 5.74) is 0. The van der Waals surface area contributed by atoms with Crippen molar-refractivity contribution >= 4 is 5.96 Å². The Morgan fingerprint density at radius 1 is 1.42 bits per heavy atom. The minimum Gasteiger partial charge on any atom is -0.357 e. The maximum atomic E-state index is 12.9. The monoisotopic (exact) mass is 341 g/mol. The van der Waals surface area contributed by atoms with Crippen LogP contribution in [0.2, 0.25) is 0 Å². The molecule has 5 nitrogen and oxygen atoms in total. The molecule has 1 aliphatic rings. The lowest BCUT2D eigenvalue weighted by molar-refractivity contribution is 0.0671. The van der Waals surface area contributed by atoms with Gasteiger partial charge >= 0.3 is 6.55 Å². The summed E-state index contributed by atoms with van der Waals surface area (Å²) < 4.78 is 26.6. The van der Waals surface area contributed by atoms with Gasteiger partial charge in [-0.3, -0.25) is 4.57 Å². The van der Waals surface area contributed by atoms with E-state index in [1.807, 2.05) is 14.0 Å². The standard InChI is InChI=1S/C17H29F2N5/c1-4-20-17(22-11-15-21-9-10-24(15)16(18)19)23(3)12-14-7-5-13(2)6-8-14/h9-10,13-14,16H,4-8,11-12H2,1-3H3,(H,20,22). The van der Waals surface area contributed by atoms with Crippen molar-refractivity contribution in [2.24, 2.45) is 16.8 Å². The summed E-state index contributed by atoms with van der Waals surface area (Å²) in [6.45, 7) is 3.58. The van der Waals surface area contributed by atoms with Crippen molar-refractivity contribution in [2.75, 3.05) is 20.1 Å². The lowest BCUT2D eigenvalue weighted by atomic mass is 9.83. The number of nitrogens with one attached hydrogen (secondary N) is 1. The Morgan fingerprint density at radius 2 is 2.12 bits per heavy atom. The van der Waals surface area contributed by atoms with Crippen LogP contribution in [0.15, 0.2) is 17.4 Å². The van der Waals surface area contributed by atoms with Gasteiger partial charge < -0.3 is 10.2 Å². The lowest BCUT2D eigenvalue weighted by Gasteiger charge is -2.31. The Kier molecular flexibility index (Phi) is 6.99. The molecule has 1 saturated carbocycles. The molecule has 0 unspecified atom stereocenters. The first kappa shape index (κ1) is 18.7. The first-order valence-corrected chi connectivity index (χ1v) is 8.80. The van der Waals surface area contributed by atoms with Crippen molar-refractivity contribution in [1.82, 2.24) is 19.8 Å². The fourth-order valence-electron chi connectivity index (χ4n) is 3.24. The quantitative estimate of drug-likeness (QED) is 0.636. The third-order valence-corrected chi connectivity index (χ3v) is 4.69. The number of aromatic nitrogens is 2. The van der Waals surface area contributed by atoms with Crippen LogP contribution in [0, 0.1) is 11.8 Å². The Balaban J connectivity index is 1.97. The molecule has 0 amide bonds. The fraction of sp³-hybridized carbons (Fsp3) is 0.765. The zero-order chi connectivity index (χ0) is 17.5. The predicted molar refractivity (Wildman–Crippen MR) is 92.0 cm³/mol. The van der Waals surface area contributed by atoms with Crippen molar-refractivity contribution in [2.45, 2.75) is 52.6 Å². The van der Waals surface area contributed by atoms with Crippen LogP contribution >= 0.6 is 0 Å². The maximum Gasteiger partial charge on any atom is 0.319 e. The average Bonchev–Trinajstić information content (AvgIpc) is 3.02. The number of hydrogen-bond acceptors (Lipinski definition) is 2. The molecule has 1 aliphatic carbocycles. The molecule has 24 heavy (non-hydrogen) atoms. The molecule has 0 saturated heterocycles. The Labute approximate surface area is 143 Å². The van der Waals surface area contributed by atoms with Gasteiger partial charge in [-0.15, -0.1) is 0 Å². The Hall–Kier alpha value is -1.66. The van der Waals surface area contributed by atoms with E-state index in [-0.39, 0.29) is 12.4 Å². The lowest BCUT2D eigenvalue weighted by Crippen LogP contribution is -2.41. The SMILES string of the molecule is CCNC(=NCc1nccn1C(F)F)N(C)CC1CCC(C)CC1. The molecule has 2 rings (SSSR count). The van der Waals surface area contributed by atoms with E-state index in [0.29, 0.717) is 5.92 Å². The summed E-state index contributed by atoms with van der Waals surface area (Å²) in [6, 6.07) is 0. The highest BCUT2D eigenvalue weighted by atomic mass is 19.3. The van der Waals surface area contributed by atoms with Crippen LogP contribution in [0.25, 0.3) is 0 Å². The smallest absolute Gasteiger partial charge is 0.319 e. The van der Waals surface area contributed by atoms with Gasteiger partial charge in [0.1, 0.15) is 12.4 Å². The summed E-state index contributed by atoms with van der Waals surface area (Å²) in [7, 11) is 2.01. The summed E-state index contributed by atoms with van der Waals surface area (Å²) >= 11 is 0. The van der Waals surface area contributed by atoms with E-state index in [9.17, 15) is 8.78 Å². The number of halogens is 2. The molecule has 1 aromatic heterocycles. The van der Waals surface area contributed by atoms with Crippen LogP contribution < -0.4 is 5.32 Å². The van der Waals surface area contributed by atoms with Gasteiger partial charge in [0.2, 0.25) is 0 Å². The number of rotatable bonds is 6. The molecular weight excluding hydrogens is 312 g/mol. The van der Waals surface area contributed by atoms with Gasteiger partial charge in [0, 0.05) is 32.5 Å². The van der Waals surface area contributed by atoms with Gasteiger partial charge in [-0.2, -0.15) is 8.78 Å². The third-order valence-electron chi connectivity index (χ3n) is 4.69. The normalized spacial score (nSPS) is 22.0. The number of nitrogens with zero attached hydrogens (tertiary/aromatic N) is 4. The highest BCUT2D eigenvalue weighted by molar-refractivity contribution is 5.79. The van der Waals surface area contributed by atoms with Crippen LogP contribution in [0.1, 0.15) is 51.9 Å². The first-order valence-electron chi connectivity index (χ1n) is 8.80. The van der Waals surface area contributed by atoms with Crippen molar-refractivity contribution in [3.05, 3.63) is 18.2 Å². The second-order valence-electron chi connectivity index (χ2n) is 6.70. The third kappa shape index (κ3) is 5.18. The summed E-state index contributed by atoms with van der Waals surface area (Å²) in [5.74, 6) is 2.54. The van der Waals surface area contributed by atoms with E-state index in [1.54, 1.807) is 0 Å². The summed E-state index contributed by atoms with van der Waals surface area (Å²) in [4.78, 5) is 10.6. The van der Waals surface area contributed by atoms with Crippen molar-refractivity contribution < 1.29 is 8.78 Å². The molecule has 0 radical (unpaired) electrons. The molecule has 1 N–H and O–H groups in total. The second kappa shape index (κ2) is 8.99. The summed E-state index contributed by atoms with van der Waals surface area (Å²) in [6.07, 6.45) is 7.75. The largest absolute Gasteiger partial charge is 0.357 e. The molecule has 0 aromatic carbocycles. The molecule has 1 heterocycles. The number of alkyl halides is 2. The molecule has 1 aromatic rings. The van der Waals surface area contributed by atoms with Crippen LogP contribution in [0.3, 0.4) is 0 Å². The summed E-state index contributed by atoms with van der Waals surface area (Å²) in [5, 5.41) is 3.24. The van der Waals surface area contributed by atoms with Gasteiger partial charge in [0.25, 0.3) is 0 Å². The molecule has 1 fully saturated rings. The Bertz CT molecular complexity index is 521. The van der Waals surface area contributed by atoms with Gasteiger partial charge in [-0.05, 0) is 31.6 Å². The first-order chi connectivity index (χ1) is 11.5. The van der Waals surface area contributed by atoms with Gasteiger partial charge in [-0.25, -0.2) is 9.98 Å². The van der Waals surface area contributed by atoms with E-state index in [2.05, 4.69) is 27.1 Å². The van der Waals surface area contributed by atoms with Crippen LogP contribution in [-0.4, -0.2) is 40.5 Å². The molecule has 136 valence electrons. The van der Waals surface area contributed by atoms with Gasteiger partial charge in [-0.1, -0.05) is 19.8 Å². The predicted octanol–water partition coefficient (Wildman–Crippen LogP) is 3.50. The molecule has 0 spiro atoms. The Morgan fingerprint density at radius 3 is 2.75 bits per heavy atom. The van der Waals surface area contributed by atoms with Crippen molar-refractivity contribution in [3.8, 4) is 0 Å².